The Morgan fingerprint density at radius 3 is 2.50 bits per heavy atom. The van der Waals surface area contributed by atoms with Crippen molar-refractivity contribution in [3.63, 3.8) is 0 Å². The average Bonchev–Trinajstić information content (AvgIpc) is 2.66. The van der Waals surface area contributed by atoms with Crippen LogP contribution in [-0.4, -0.2) is 43.7 Å². The number of hydrogen-bond acceptors (Lipinski definition) is 3. The van der Waals surface area contributed by atoms with Crippen LogP contribution in [0.4, 0.5) is 5.69 Å². The van der Waals surface area contributed by atoms with E-state index in [-0.39, 0.29) is 37.0 Å². The number of nitrogens with zero attached hydrogens (tertiary/aromatic N) is 1. The highest BCUT2D eigenvalue weighted by molar-refractivity contribution is 7.99. The molecular formula is C22H28N3O2S+. The van der Waals surface area contributed by atoms with Crippen molar-refractivity contribution in [2.24, 2.45) is 0 Å². The van der Waals surface area contributed by atoms with Gasteiger partial charge in [0.2, 0.25) is 0 Å². The molecule has 0 fully saturated rings. The number of carbonyl (C=O) groups excluding carboxylic acids is 2. The summed E-state index contributed by atoms with van der Waals surface area (Å²) < 4.78 is 0. The van der Waals surface area contributed by atoms with Crippen LogP contribution in [0.1, 0.15) is 25.5 Å². The molecule has 1 unspecified atom stereocenters. The van der Waals surface area contributed by atoms with E-state index in [4.69, 9.17) is 0 Å². The summed E-state index contributed by atoms with van der Waals surface area (Å²) in [6, 6.07) is 18.3. The van der Waals surface area contributed by atoms with Crippen molar-refractivity contribution in [2.75, 3.05) is 30.8 Å². The third-order valence-electron chi connectivity index (χ3n) is 4.65. The number of fused-ring (bicyclic) bond motifs is 1. The van der Waals surface area contributed by atoms with Gasteiger partial charge in [-0.15, -0.1) is 11.8 Å². The van der Waals surface area contributed by atoms with E-state index in [0.717, 1.165) is 26.8 Å². The zero-order valence-electron chi connectivity index (χ0n) is 16.6. The van der Waals surface area contributed by atoms with Gasteiger partial charge >= 0.3 is 0 Å². The molecule has 0 saturated heterocycles. The molecule has 1 heterocycles. The van der Waals surface area contributed by atoms with Gasteiger partial charge in [-0.05, 0) is 31.5 Å². The number of quaternary nitrogens is 1. The number of benzene rings is 2. The summed E-state index contributed by atoms with van der Waals surface area (Å²) in [5.41, 5.74) is 2.09. The first kappa shape index (κ1) is 20.4. The molecule has 5 nitrogen and oxygen atoms in total. The first-order valence-corrected chi connectivity index (χ1v) is 10.6. The van der Waals surface area contributed by atoms with Crippen molar-refractivity contribution in [1.29, 1.82) is 0 Å². The number of likely N-dealkylation sites (N-methyl/N-ethyl adjacent to an activating group) is 1. The number of rotatable bonds is 6. The quantitative estimate of drug-likeness (QED) is 0.782. The SMILES string of the molecule is CC(C)NC(=O)C[NH+](C)CC(=O)N1c2ccccc2SC[C@H]1c1ccccc1. The van der Waals surface area contributed by atoms with Crippen LogP contribution in [0.5, 0.6) is 0 Å². The third-order valence-corrected chi connectivity index (χ3v) is 5.79. The molecular weight excluding hydrogens is 370 g/mol. The minimum atomic E-state index is -0.0329. The van der Waals surface area contributed by atoms with E-state index in [9.17, 15) is 9.59 Å². The lowest BCUT2D eigenvalue weighted by molar-refractivity contribution is -0.862. The van der Waals surface area contributed by atoms with Gasteiger partial charge in [-0.25, -0.2) is 0 Å². The number of carbonyl (C=O) groups is 2. The Hall–Kier alpha value is -2.31. The maximum absolute atomic E-state index is 13.3. The molecule has 0 saturated carbocycles. The Morgan fingerprint density at radius 1 is 1.11 bits per heavy atom. The van der Waals surface area contributed by atoms with Crippen LogP contribution in [0.15, 0.2) is 59.5 Å². The molecule has 0 aliphatic carbocycles. The number of para-hydroxylation sites is 1. The van der Waals surface area contributed by atoms with Crippen molar-refractivity contribution in [3.05, 3.63) is 60.2 Å². The van der Waals surface area contributed by atoms with Crippen molar-refractivity contribution < 1.29 is 14.5 Å². The second-order valence-electron chi connectivity index (χ2n) is 7.50. The van der Waals surface area contributed by atoms with Crippen molar-refractivity contribution in [3.8, 4) is 0 Å². The Kier molecular flexibility index (Phi) is 6.75. The van der Waals surface area contributed by atoms with Gasteiger partial charge in [0.15, 0.2) is 13.1 Å². The Morgan fingerprint density at radius 2 is 1.79 bits per heavy atom. The van der Waals surface area contributed by atoms with Crippen molar-refractivity contribution in [1.82, 2.24) is 5.32 Å². The smallest absolute Gasteiger partial charge is 0.282 e. The van der Waals surface area contributed by atoms with Gasteiger partial charge in [-0.1, -0.05) is 42.5 Å². The predicted molar refractivity (Wildman–Crippen MR) is 114 cm³/mol. The fourth-order valence-corrected chi connectivity index (χ4v) is 4.64. The zero-order chi connectivity index (χ0) is 20.1. The van der Waals surface area contributed by atoms with Crippen LogP contribution in [-0.2, 0) is 9.59 Å². The lowest BCUT2D eigenvalue weighted by Crippen LogP contribution is -3.11. The van der Waals surface area contributed by atoms with Gasteiger partial charge in [0.05, 0.1) is 18.8 Å². The third kappa shape index (κ3) is 4.94. The van der Waals surface area contributed by atoms with E-state index in [2.05, 4.69) is 23.5 Å². The topological polar surface area (TPSA) is 53.9 Å². The molecule has 6 heteroatoms. The summed E-state index contributed by atoms with van der Waals surface area (Å²) in [6.45, 7) is 4.42. The molecule has 2 atom stereocenters. The number of nitrogens with one attached hydrogen (secondary N) is 2. The normalized spacial score (nSPS) is 17.1. The maximum atomic E-state index is 13.3. The molecule has 3 rings (SSSR count). The Bertz CT molecular complexity index is 826. The maximum Gasteiger partial charge on any atom is 0.282 e. The number of thioether (sulfide) groups is 1. The van der Waals surface area contributed by atoms with Crippen LogP contribution < -0.4 is 15.1 Å². The minimum absolute atomic E-state index is 0.00843. The standard InChI is InChI=1S/C22H27N3O2S/c1-16(2)23-21(26)13-24(3)14-22(27)25-18-11-7-8-12-20(18)28-15-19(25)17-9-5-4-6-10-17/h4-12,16,19H,13-15H2,1-3H3,(H,23,26)/p+1/t19-/m0/s1. The number of hydrogen-bond donors (Lipinski definition) is 2. The lowest BCUT2D eigenvalue weighted by Gasteiger charge is -2.37. The van der Waals surface area contributed by atoms with Crippen LogP contribution in [0, 0.1) is 0 Å². The van der Waals surface area contributed by atoms with Crippen LogP contribution in [0.25, 0.3) is 0 Å². The molecule has 1 aliphatic heterocycles. The predicted octanol–water partition coefficient (Wildman–Crippen LogP) is 1.91. The van der Waals surface area contributed by atoms with Crippen LogP contribution in [0.3, 0.4) is 0 Å². The summed E-state index contributed by atoms with van der Waals surface area (Å²) in [5.74, 6) is 0.825. The molecule has 0 bridgehead atoms. The molecule has 0 radical (unpaired) electrons. The molecule has 2 N–H and O–H groups in total. The number of amides is 2. The summed E-state index contributed by atoms with van der Waals surface area (Å²) in [6.07, 6.45) is 0. The number of anilines is 1. The second kappa shape index (κ2) is 9.26. The molecule has 148 valence electrons. The van der Waals surface area contributed by atoms with E-state index in [0.29, 0.717) is 0 Å². The fraction of sp³-hybridized carbons (Fsp3) is 0.364. The summed E-state index contributed by atoms with van der Waals surface area (Å²) in [7, 11) is 1.89. The Labute approximate surface area is 171 Å². The van der Waals surface area contributed by atoms with Crippen molar-refractivity contribution >= 4 is 29.3 Å². The highest BCUT2D eigenvalue weighted by atomic mass is 32.2. The first-order chi connectivity index (χ1) is 13.5. The van der Waals surface area contributed by atoms with E-state index >= 15 is 0 Å². The second-order valence-corrected chi connectivity index (χ2v) is 8.56. The van der Waals surface area contributed by atoms with Crippen LogP contribution >= 0.6 is 11.8 Å². The summed E-state index contributed by atoms with van der Waals surface area (Å²) in [4.78, 5) is 29.3. The molecule has 28 heavy (non-hydrogen) atoms. The van der Waals surface area contributed by atoms with E-state index in [1.165, 1.54) is 0 Å². The minimum Gasteiger partial charge on any atom is -0.349 e. The van der Waals surface area contributed by atoms with E-state index < -0.39 is 0 Å². The lowest BCUT2D eigenvalue weighted by atomic mass is 10.1. The monoisotopic (exact) mass is 398 g/mol. The van der Waals surface area contributed by atoms with Crippen molar-refractivity contribution in [2.45, 2.75) is 30.8 Å². The molecule has 2 aromatic rings. The molecule has 2 aromatic carbocycles. The zero-order valence-corrected chi connectivity index (χ0v) is 17.5. The van der Waals surface area contributed by atoms with Gasteiger partial charge in [-0.3, -0.25) is 14.5 Å². The summed E-state index contributed by atoms with van der Waals surface area (Å²) in [5, 5.41) is 2.89. The highest BCUT2D eigenvalue weighted by Gasteiger charge is 2.33. The highest BCUT2D eigenvalue weighted by Crippen LogP contribution is 2.42. The molecule has 0 aromatic heterocycles. The molecule has 1 aliphatic rings. The van der Waals surface area contributed by atoms with Gasteiger partial charge in [0, 0.05) is 16.7 Å². The van der Waals surface area contributed by atoms with E-state index in [1.54, 1.807) is 11.8 Å². The van der Waals surface area contributed by atoms with Gasteiger partial charge in [0.25, 0.3) is 11.8 Å². The van der Waals surface area contributed by atoms with Crippen LogP contribution in [0.2, 0.25) is 0 Å². The first-order valence-electron chi connectivity index (χ1n) is 9.65. The summed E-state index contributed by atoms with van der Waals surface area (Å²) >= 11 is 1.78. The van der Waals surface area contributed by atoms with Gasteiger partial charge in [-0.2, -0.15) is 0 Å². The van der Waals surface area contributed by atoms with Gasteiger partial charge < -0.3 is 10.2 Å². The van der Waals surface area contributed by atoms with Gasteiger partial charge in [0.1, 0.15) is 0 Å². The molecule has 2 amide bonds. The fourth-order valence-electron chi connectivity index (χ4n) is 3.47. The Balaban J connectivity index is 1.80. The molecule has 0 spiro atoms. The average molecular weight is 399 g/mol. The largest absolute Gasteiger partial charge is 0.349 e. The van der Waals surface area contributed by atoms with E-state index in [1.807, 2.05) is 62.2 Å².